The fourth-order valence-electron chi connectivity index (χ4n) is 3.03. The Balaban J connectivity index is 2.00. The van der Waals surface area contributed by atoms with Gasteiger partial charge in [-0.15, -0.1) is 0 Å². The van der Waals surface area contributed by atoms with E-state index in [1.165, 1.54) is 0 Å². The van der Waals surface area contributed by atoms with Crippen molar-refractivity contribution >= 4 is 67.1 Å². The fraction of sp³-hybridized carbons (Fsp3) is 0. The van der Waals surface area contributed by atoms with Crippen LogP contribution < -0.4 is 0 Å². The zero-order chi connectivity index (χ0) is 15.6. The first-order chi connectivity index (χ1) is 11.2. The summed E-state index contributed by atoms with van der Waals surface area (Å²) in [5.41, 5.74) is 3.89. The predicted octanol–water partition coefficient (Wildman–Crippen LogP) is 5.72. The average molecular weight is 338 g/mol. The summed E-state index contributed by atoms with van der Waals surface area (Å²) >= 11 is 12.6. The molecule has 110 valence electrons. The van der Waals surface area contributed by atoms with E-state index in [4.69, 9.17) is 33.2 Å². The molecule has 0 atom stereocenters. The van der Waals surface area contributed by atoms with Gasteiger partial charge in [-0.2, -0.15) is 0 Å². The third kappa shape index (κ3) is 1.84. The number of fused-ring (bicyclic) bond motifs is 5. The molecule has 2 aromatic heterocycles. The van der Waals surface area contributed by atoms with Crippen LogP contribution in [0.3, 0.4) is 0 Å². The summed E-state index contributed by atoms with van der Waals surface area (Å²) < 4.78 is 0. The van der Waals surface area contributed by atoms with E-state index in [9.17, 15) is 0 Å². The molecule has 0 fully saturated rings. The van der Waals surface area contributed by atoms with Gasteiger partial charge >= 0.3 is 0 Å². The second kappa shape index (κ2) is 4.57. The predicted molar refractivity (Wildman–Crippen MR) is 96.4 cm³/mol. The summed E-state index contributed by atoms with van der Waals surface area (Å²) in [4.78, 5) is 12.7. The monoisotopic (exact) mass is 337 g/mol. The molecule has 5 heteroatoms. The molecule has 0 amide bonds. The quantitative estimate of drug-likeness (QED) is 0.367. The van der Waals surface area contributed by atoms with Crippen LogP contribution in [0.5, 0.6) is 0 Å². The summed E-state index contributed by atoms with van der Waals surface area (Å²) in [6.07, 6.45) is 0. The van der Waals surface area contributed by atoms with Crippen molar-refractivity contribution in [3.05, 3.63) is 58.6 Å². The van der Waals surface area contributed by atoms with E-state index >= 15 is 0 Å². The molecule has 3 aromatic carbocycles. The molecular formula is C18H9Cl2N3. The van der Waals surface area contributed by atoms with Gasteiger partial charge in [-0.25, -0.2) is 9.97 Å². The Morgan fingerprint density at radius 3 is 2.17 bits per heavy atom. The van der Waals surface area contributed by atoms with Gasteiger partial charge in [0.1, 0.15) is 5.52 Å². The van der Waals surface area contributed by atoms with Gasteiger partial charge in [0, 0.05) is 5.39 Å². The van der Waals surface area contributed by atoms with Crippen molar-refractivity contribution in [3.8, 4) is 0 Å². The lowest BCUT2D eigenvalue weighted by Gasteiger charge is -2.01. The van der Waals surface area contributed by atoms with E-state index in [0.717, 1.165) is 38.2 Å². The third-order valence-electron chi connectivity index (χ3n) is 4.12. The highest BCUT2D eigenvalue weighted by atomic mass is 35.5. The van der Waals surface area contributed by atoms with Gasteiger partial charge in [-0.3, -0.25) is 0 Å². The number of aromatic nitrogens is 3. The van der Waals surface area contributed by atoms with Crippen LogP contribution in [0.4, 0.5) is 0 Å². The number of hydrogen-bond donors (Lipinski definition) is 1. The molecule has 3 nitrogen and oxygen atoms in total. The zero-order valence-electron chi connectivity index (χ0n) is 11.8. The highest BCUT2D eigenvalue weighted by Gasteiger charge is 2.14. The molecule has 0 aliphatic heterocycles. The Kier molecular flexibility index (Phi) is 2.61. The molecule has 0 unspecified atom stereocenters. The Labute approximate surface area is 140 Å². The summed E-state index contributed by atoms with van der Waals surface area (Å²) in [7, 11) is 0. The topological polar surface area (TPSA) is 41.6 Å². The molecule has 0 bridgehead atoms. The summed E-state index contributed by atoms with van der Waals surface area (Å²) in [6.45, 7) is 0. The van der Waals surface area contributed by atoms with Crippen LogP contribution in [0.15, 0.2) is 48.5 Å². The number of nitrogens with zero attached hydrogens (tertiary/aromatic N) is 2. The second-order valence-corrected chi connectivity index (χ2v) is 6.33. The molecule has 0 spiro atoms. The maximum Gasteiger partial charge on any atom is 0.157 e. The first-order valence-corrected chi connectivity index (χ1v) is 7.92. The van der Waals surface area contributed by atoms with E-state index < -0.39 is 0 Å². The van der Waals surface area contributed by atoms with Gasteiger partial charge in [0.15, 0.2) is 5.65 Å². The van der Waals surface area contributed by atoms with Crippen molar-refractivity contribution in [2.24, 2.45) is 0 Å². The lowest BCUT2D eigenvalue weighted by molar-refractivity contribution is 1.36. The molecule has 0 saturated heterocycles. The number of nitrogens with one attached hydrogen (secondary N) is 1. The molecule has 5 aromatic rings. The van der Waals surface area contributed by atoms with E-state index in [1.807, 2.05) is 24.3 Å². The van der Waals surface area contributed by atoms with Crippen molar-refractivity contribution in [3.63, 3.8) is 0 Å². The molecule has 2 heterocycles. The van der Waals surface area contributed by atoms with E-state index in [0.29, 0.717) is 15.7 Å². The summed E-state index contributed by atoms with van der Waals surface area (Å²) in [6, 6.07) is 15.8. The minimum Gasteiger partial charge on any atom is -0.337 e. The van der Waals surface area contributed by atoms with Crippen molar-refractivity contribution in [1.82, 2.24) is 15.0 Å². The normalized spacial score (nSPS) is 11.9. The standard InChI is InChI=1S/C18H9Cl2N3/c19-11-5-6-12(20)16-15(11)17-18(23-16)22-14-8-10-4-2-1-3-9(10)7-13(14)21-17/h1-8H,(H,22,23). The van der Waals surface area contributed by atoms with Crippen LogP contribution >= 0.6 is 23.2 Å². The van der Waals surface area contributed by atoms with Crippen LogP contribution in [-0.4, -0.2) is 15.0 Å². The van der Waals surface area contributed by atoms with Crippen molar-refractivity contribution in [2.45, 2.75) is 0 Å². The molecule has 0 radical (unpaired) electrons. The van der Waals surface area contributed by atoms with Gasteiger partial charge in [0.2, 0.25) is 0 Å². The van der Waals surface area contributed by atoms with E-state index in [1.54, 1.807) is 12.1 Å². The van der Waals surface area contributed by atoms with Crippen LogP contribution in [0, 0.1) is 0 Å². The number of H-pyrrole nitrogens is 1. The number of halogens is 2. The summed E-state index contributed by atoms with van der Waals surface area (Å²) in [5, 5.41) is 4.32. The molecule has 23 heavy (non-hydrogen) atoms. The van der Waals surface area contributed by atoms with Gasteiger partial charge in [0.25, 0.3) is 0 Å². The number of aromatic amines is 1. The number of benzene rings is 3. The maximum absolute atomic E-state index is 6.35. The van der Waals surface area contributed by atoms with Gasteiger partial charge in [-0.1, -0.05) is 47.5 Å². The highest BCUT2D eigenvalue weighted by molar-refractivity contribution is 6.42. The third-order valence-corrected chi connectivity index (χ3v) is 4.75. The molecule has 0 aliphatic rings. The second-order valence-electron chi connectivity index (χ2n) is 5.51. The first kappa shape index (κ1) is 13.1. The fourth-order valence-corrected chi connectivity index (χ4v) is 3.48. The van der Waals surface area contributed by atoms with Crippen LogP contribution in [0.25, 0.3) is 43.9 Å². The first-order valence-electron chi connectivity index (χ1n) is 7.17. The van der Waals surface area contributed by atoms with Gasteiger partial charge in [0.05, 0.1) is 26.6 Å². The lowest BCUT2D eigenvalue weighted by Crippen LogP contribution is -1.86. The molecular weight excluding hydrogens is 329 g/mol. The molecule has 5 rings (SSSR count). The van der Waals surface area contributed by atoms with Crippen LogP contribution in [0.1, 0.15) is 0 Å². The SMILES string of the molecule is Clc1ccc(Cl)c2c1[nH]c1nc3cc4ccccc4cc3nc12. The number of hydrogen-bond acceptors (Lipinski definition) is 2. The average Bonchev–Trinajstić information content (AvgIpc) is 2.93. The Hall–Kier alpha value is -2.36. The van der Waals surface area contributed by atoms with Crippen LogP contribution in [-0.2, 0) is 0 Å². The van der Waals surface area contributed by atoms with Crippen molar-refractivity contribution in [1.29, 1.82) is 0 Å². The molecule has 0 saturated carbocycles. The number of rotatable bonds is 0. The summed E-state index contributed by atoms with van der Waals surface area (Å²) in [5.74, 6) is 0. The minimum absolute atomic E-state index is 0.610. The Bertz CT molecular complexity index is 1240. The van der Waals surface area contributed by atoms with Gasteiger partial charge < -0.3 is 4.98 Å². The van der Waals surface area contributed by atoms with E-state index in [2.05, 4.69) is 17.1 Å². The molecule has 0 aliphatic carbocycles. The zero-order valence-corrected chi connectivity index (χ0v) is 13.3. The van der Waals surface area contributed by atoms with Crippen molar-refractivity contribution < 1.29 is 0 Å². The van der Waals surface area contributed by atoms with Gasteiger partial charge in [-0.05, 0) is 35.0 Å². The largest absolute Gasteiger partial charge is 0.337 e. The maximum atomic E-state index is 6.35. The smallest absolute Gasteiger partial charge is 0.157 e. The Morgan fingerprint density at radius 2 is 1.43 bits per heavy atom. The van der Waals surface area contributed by atoms with Crippen molar-refractivity contribution in [2.75, 3.05) is 0 Å². The highest BCUT2D eigenvalue weighted by Crippen LogP contribution is 2.35. The Morgan fingerprint density at radius 1 is 0.783 bits per heavy atom. The minimum atomic E-state index is 0.610. The van der Waals surface area contributed by atoms with Crippen LogP contribution in [0.2, 0.25) is 10.0 Å². The molecule has 1 N–H and O–H groups in total. The van der Waals surface area contributed by atoms with E-state index in [-0.39, 0.29) is 0 Å². The lowest BCUT2D eigenvalue weighted by atomic mass is 10.1.